The fourth-order valence-corrected chi connectivity index (χ4v) is 5.10. The summed E-state index contributed by atoms with van der Waals surface area (Å²) in [6.45, 7) is 0. The molecule has 0 bridgehead atoms. The standard InChI is InChI=1S/C16H15N3O2S2/c1-19-15(21)13-9-4-2-6-12(9)23-14(13)18-16(19)22-8-11(20)10-5-3-7-17-10/h3,5,7,17H,2,4,6,8H2,1H3. The molecular weight excluding hydrogens is 330 g/mol. The number of ketones is 1. The number of nitrogens with zero attached hydrogens (tertiary/aromatic N) is 2. The van der Waals surface area contributed by atoms with Gasteiger partial charge in [0.1, 0.15) is 4.83 Å². The number of fused-ring (bicyclic) bond motifs is 3. The predicted octanol–water partition coefficient (Wildman–Crippen LogP) is 2.79. The third-order valence-electron chi connectivity index (χ3n) is 4.14. The molecule has 0 radical (unpaired) electrons. The van der Waals surface area contributed by atoms with Crippen molar-refractivity contribution in [3.05, 3.63) is 44.8 Å². The van der Waals surface area contributed by atoms with E-state index in [-0.39, 0.29) is 17.1 Å². The number of carbonyl (C=O) groups excluding carboxylic acids is 1. The first kappa shape index (κ1) is 14.7. The first-order valence-corrected chi connectivity index (χ1v) is 9.26. The minimum atomic E-state index is 0.00280. The minimum absolute atomic E-state index is 0.00280. The number of carbonyl (C=O) groups is 1. The van der Waals surface area contributed by atoms with Gasteiger partial charge in [0.15, 0.2) is 10.9 Å². The number of rotatable bonds is 4. The smallest absolute Gasteiger partial charge is 0.262 e. The second kappa shape index (κ2) is 5.65. The Bertz CT molecular complexity index is 954. The van der Waals surface area contributed by atoms with E-state index in [9.17, 15) is 9.59 Å². The second-order valence-electron chi connectivity index (χ2n) is 5.59. The summed E-state index contributed by atoms with van der Waals surface area (Å²) in [4.78, 5) is 34.4. The van der Waals surface area contributed by atoms with Crippen LogP contribution in [0.1, 0.15) is 27.3 Å². The van der Waals surface area contributed by atoms with Crippen LogP contribution in [-0.2, 0) is 19.9 Å². The van der Waals surface area contributed by atoms with Crippen molar-refractivity contribution >= 4 is 39.1 Å². The summed E-state index contributed by atoms with van der Waals surface area (Å²) in [7, 11) is 1.73. The van der Waals surface area contributed by atoms with Crippen LogP contribution in [0.2, 0.25) is 0 Å². The molecule has 0 saturated heterocycles. The van der Waals surface area contributed by atoms with Crippen molar-refractivity contribution in [1.82, 2.24) is 14.5 Å². The van der Waals surface area contributed by atoms with Crippen molar-refractivity contribution < 1.29 is 4.79 Å². The number of thioether (sulfide) groups is 1. The molecule has 0 saturated carbocycles. The van der Waals surface area contributed by atoms with E-state index in [4.69, 9.17) is 0 Å². The number of thiophene rings is 1. The van der Waals surface area contributed by atoms with Crippen molar-refractivity contribution in [3.8, 4) is 0 Å². The molecule has 23 heavy (non-hydrogen) atoms. The third kappa shape index (κ3) is 2.44. The molecule has 0 fully saturated rings. The summed E-state index contributed by atoms with van der Waals surface area (Å²) in [6.07, 6.45) is 4.88. The molecule has 7 heteroatoms. The summed E-state index contributed by atoms with van der Waals surface area (Å²) in [5.41, 5.74) is 1.78. The predicted molar refractivity (Wildman–Crippen MR) is 92.7 cm³/mol. The van der Waals surface area contributed by atoms with Crippen LogP contribution >= 0.6 is 23.1 Å². The van der Waals surface area contributed by atoms with Gasteiger partial charge in [0.25, 0.3) is 5.56 Å². The molecule has 3 heterocycles. The van der Waals surface area contributed by atoms with E-state index in [0.29, 0.717) is 10.9 Å². The molecule has 1 aliphatic carbocycles. The van der Waals surface area contributed by atoms with Crippen molar-refractivity contribution in [2.45, 2.75) is 24.4 Å². The van der Waals surface area contributed by atoms with Gasteiger partial charge in [-0.25, -0.2) is 4.98 Å². The fraction of sp³-hybridized carbons (Fsp3) is 0.312. The van der Waals surface area contributed by atoms with Crippen LogP contribution in [0.5, 0.6) is 0 Å². The lowest BCUT2D eigenvalue weighted by Crippen LogP contribution is -2.20. The highest BCUT2D eigenvalue weighted by atomic mass is 32.2. The van der Waals surface area contributed by atoms with Gasteiger partial charge in [-0.05, 0) is 37.0 Å². The fourth-order valence-electron chi connectivity index (χ4n) is 2.95. The first-order chi connectivity index (χ1) is 11.1. The Morgan fingerprint density at radius 1 is 1.48 bits per heavy atom. The number of aromatic nitrogens is 3. The van der Waals surface area contributed by atoms with Crippen LogP contribution in [0.4, 0.5) is 0 Å². The Morgan fingerprint density at radius 2 is 2.35 bits per heavy atom. The van der Waals surface area contributed by atoms with Crippen LogP contribution in [0.3, 0.4) is 0 Å². The maximum absolute atomic E-state index is 12.7. The summed E-state index contributed by atoms with van der Waals surface area (Å²) in [5.74, 6) is 0.264. The topological polar surface area (TPSA) is 67.8 Å². The summed E-state index contributed by atoms with van der Waals surface area (Å²) in [5, 5.41) is 1.38. The summed E-state index contributed by atoms with van der Waals surface area (Å²) in [6, 6.07) is 3.55. The molecule has 1 aliphatic rings. The van der Waals surface area contributed by atoms with Gasteiger partial charge < -0.3 is 4.98 Å². The second-order valence-corrected chi connectivity index (χ2v) is 7.62. The molecule has 118 valence electrons. The highest BCUT2D eigenvalue weighted by Crippen LogP contribution is 2.35. The Kier molecular flexibility index (Phi) is 3.61. The number of aryl methyl sites for hydroxylation is 2. The van der Waals surface area contributed by atoms with Crippen LogP contribution in [-0.4, -0.2) is 26.1 Å². The van der Waals surface area contributed by atoms with Gasteiger partial charge in [0.05, 0.1) is 16.8 Å². The zero-order chi connectivity index (χ0) is 16.0. The quantitative estimate of drug-likeness (QED) is 0.448. The molecular formula is C16H15N3O2S2. The van der Waals surface area contributed by atoms with E-state index < -0.39 is 0 Å². The van der Waals surface area contributed by atoms with Crippen LogP contribution in [0.25, 0.3) is 10.2 Å². The highest BCUT2D eigenvalue weighted by molar-refractivity contribution is 7.99. The molecule has 5 nitrogen and oxygen atoms in total. The molecule has 0 aromatic carbocycles. The number of hydrogen-bond acceptors (Lipinski definition) is 5. The number of nitrogens with one attached hydrogen (secondary N) is 1. The highest BCUT2D eigenvalue weighted by Gasteiger charge is 2.22. The zero-order valence-corrected chi connectivity index (χ0v) is 14.2. The van der Waals surface area contributed by atoms with Gasteiger partial charge in [-0.3, -0.25) is 14.2 Å². The number of Topliss-reactive ketones (excluding diaryl/α,β-unsaturated/α-hetero) is 1. The SMILES string of the molecule is Cn1c(SCC(=O)c2ccc[nH]2)nc2sc3c(c2c1=O)CCC3. The maximum atomic E-state index is 12.7. The van der Waals surface area contributed by atoms with Crippen molar-refractivity contribution in [2.75, 3.05) is 5.75 Å². The number of hydrogen-bond donors (Lipinski definition) is 1. The molecule has 0 aliphatic heterocycles. The normalized spacial score (nSPS) is 13.6. The molecule has 0 amide bonds. The van der Waals surface area contributed by atoms with Gasteiger partial charge in [-0.2, -0.15) is 0 Å². The molecule has 0 atom stereocenters. The van der Waals surface area contributed by atoms with E-state index >= 15 is 0 Å². The molecule has 0 unspecified atom stereocenters. The summed E-state index contributed by atoms with van der Waals surface area (Å²) >= 11 is 2.94. The first-order valence-electron chi connectivity index (χ1n) is 7.46. The van der Waals surface area contributed by atoms with Gasteiger partial charge in [0, 0.05) is 18.1 Å². The van der Waals surface area contributed by atoms with Crippen LogP contribution in [0, 0.1) is 0 Å². The molecule has 3 aromatic rings. The van der Waals surface area contributed by atoms with E-state index in [0.717, 1.165) is 29.5 Å². The average Bonchev–Trinajstić information content (AvgIpc) is 3.24. The lowest BCUT2D eigenvalue weighted by molar-refractivity contribution is 0.101. The van der Waals surface area contributed by atoms with Crippen LogP contribution in [0.15, 0.2) is 28.3 Å². The van der Waals surface area contributed by atoms with Crippen molar-refractivity contribution in [3.63, 3.8) is 0 Å². The monoisotopic (exact) mass is 345 g/mol. The molecule has 0 spiro atoms. The minimum Gasteiger partial charge on any atom is -0.359 e. The Labute approximate surface area is 140 Å². The number of H-pyrrole nitrogens is 1. The third-order valence-corrected chi connectivity index (χ3v) is 6.35. The number of aromatic amines is 1. The maximum Gasteiger partial charge on any atom is 0.262 e. The Balaban J connectivity index is 1.67. The van der Waals surface area contributed by atoms with E-state index in [1.54, 1.807) is 41.3 Å². The molecule has 3 aromatic heterocycles. The van der Waals surface area contributed by atoms with Crippen LogP contribution < -0.4 is 5.56 Å². The largest absolute Gasteiger partial charge is 0.359 e. The summed E-state index contributed by atoms with van der Waals surface area (Å²) < 4.78 is 1.57. The van der Waals surface area contributed by atoms with Crippen molar-refractivity contribution in [1.29, 1.82) is 0 Å². The zero-order valence-electron chi connectivity index (χ0n) is 12.6. The Morgan fingerprint density at radius 3 is 3.13 bits per heavy atom. The van der Waals surface area contributed by atoms with E-state index in [1.807, 2.05) is 0 Å². The van der Waals surface area contributed by atoms with Gasteiger partial charge in [-0.15, -0.1) is 11.3 Å². The Hall–Kier alpha value is -1.86. The lowest BCUT2D eigenvalue weighted by atomic mass is 10.2. The van der Waals surface area contributed by atoms with E-state index in [2.05, 4.69) is 9.97 Å². The van der Waals surface area contributed by atoms with Gasteiger partial charge >= 0.3 is 0 Å². The average molecular weight is 345 g/mol. The molecule has 1 N–H and O–H groups in total. The van der Waals surface area contributed by atoms with E-state index in [1.165, 1.54) is 22.2 Å². The van der Waals surface area contributed by atoms with Gasteiger partial charge in [-0.1, -0.05) is 11.8 Å². The lowest BCUT2D eigenvalue weighted by Gasteiger charge is -2.07. The van der Waals surface area contributed by atoms with Gasteiger partial charge in [0.2, 0.25) is 0 Å². The molecule has 4 rings (SSSR count). The van der Waals surface area contributed by atoms with Crippen molar-refractivity contribution in [2.24, 2.45) is 7.05 Å².